The maximum absolute atomic E-state index is 12.3. The predicted molar refractivity (Wildman–Crippen MR) is 117 cm³/mol. The van der Waals surface area contributed by atoms with Crippen LogP contribution in [0.5, 0.6) is 5.75 Å². The van der Waals surface area contributed by atoms with Crippen LogP contribution in [0.15, 0.2) is 36.9 Å². The first-order valence-electron chi connectivity index (χ1n) is 10.2. The highest BCUT2D eigenvalue weighted by molar-refractivity contribution is 7.47. The zero-order chi connectivity index (χ0) is 24.5. The average Bonchev–Trinajstić information content (AvgIpc) is 3.35. The number of phenols is 1. The van der Waals surface area contributed by atoms with Gasteiger partial charge < -0.3 is 36.4 Å². The maximum atomic E-state index is 12.3. The second kappa shape index (κ2) is 9.90. The van der Waals surface area contributed by atoms with E-state index in [1.165, 1.54) is 29.4 Å². The number of aromatic hydroxyl groups is 1. The SMILES string of the molecule is Nc1ncnc2c1ncn2[C@@H]1O[C@H](COP(=O)(O)OCC(N)Cc2ccc(O)cc2)[C@@H](O)[C@H]1O. The van der Waals surface area contributed by atoms with E-state index in [-0.39, 0.29) is 23.8 Å². The van der Waals surface area contributed by atoms with Gasteiger partial charge >= 0.3 is 7.82 Å². The van der Waals surface area contributed by atoms with Crippen LogP contribution in [-0.4, -0.2) is 77.3 Å². The fraction of sp³-hybridized carbons (Fsp3) is 0.421. The van der Waals surface area contributed by atoms with Gasteiger partial charge in [-0.15, -0.1) is 0 Å². The van der Waals surface area contributed by atoms with E-state index in [2.05, 4.69) is 15.0 Å². The maximum Gasteiger partial charge on any atom is 0.472 e. The number of phosphoric acid groups is 1. The Kier molecular flexibility index (Phi) is 7.12. The number of phosphoric ester groups is 1. The molecule has 15 heteroatoms. The molecule has 0 saturated carbocycles. The smallest absolute Gasteiger partial charge is 0.472 e. The van der Waals surface area contributed by atoms with Gasteiger partial charge in [0.05, 0.1) is 19.5 Å². The van der Waals surface area contributed by atoms with Crippen LogP contribution in [-0.2, 0) is 24.8 Å². The van der Waals surface area contributed by atoms with Crippen LogP contribution in [0, 0.1) is 0 Å². The summed E-state index contributed by atoms with van der Waals surface area (Å²) in [5.74, 6) is 0.253. The third-order valence-corrected chi connectivity index (χ3v) is 6.24. The molecule has 1 saturated heterocycles. The molecule has 0 bridgehead atoms. The van der Waals surface area contributed by atoms with Crippen molar-refractivity contribution in [1.29, 1.82) is 0 Å². The van der Waals surface area contributed by atoms with Crippen molar-refractivity contribution in [1.82, 2.24) is 19.5 Å². The standard InChI is InChI=1S/C19H25N6O8P/c20-11(5-10-1-3-12(26)4-2-10)6-31-34(29,30)32-7-13-15(27)16(28)19(33-13)25-9-24-14-17(21)22-8-23-18(14)25/h1-4,8-9,11,13,15-16,19,26-28H,5-7,20H2,(H,29,30)(H2,21,22,23)/t11?,13-,15-,16-,19-/m1/s1. The number of hydrogen-bond donors (Lipinski definition) is 6. The van der Waals surface area contributed by atoms with Crippen molar-refractivity contribution >= 4 is 24.8 Å². The monoisotopic (exact) mass is 496 g/mol. The second-order valence-electron chi connectivity index (χ2n) is 7.82. The zero-order valence-corrected chi connectivity index (χ0v) is 18.7. The van der Waals surface area contributed by atoms with Gasteiger partial charge in [0.2, 0.25) is 0 Å². The highest BCUT2D eigenvalue weighted by Crippen LogP contribution is 2.44. The van der Waals surface area contributed by atoms with Gasteiger partial charge in [0, 0.05) is 6.04 Å². The van der Waals surface area contributed by atoms with Crippen LogP contribution in [0.1, 0.15) is 11.8 Å². The predicted octanol–water partition coefficient (Wildman–Crippen LogP) is -0.563. The van der Waals surface area contributed by atoms with Gasteiger partial charge in [0.15, 0.2) is 17.7 Å². The Labute approximate surface area is 193 Å². The molecule has 2 unspecified atom stereocenters. The van der Waals surface area contributed by atoms with Crippen LogP contribution >= 0.6 is 7.82 Å². The summed E-state index contributed by atoms with van der Waals surface area (Å²) < 4.78 is 29.2. The molecule has 8 N–H and O–H groups in total. The summed E-state index contributed by atoms with van der Waals surface area (Å²) in [5, 5.41) is 30.1. The zero-order valence-electron chi connectivity index (χ0n) is 17.8. The van der Waals surface area contributed by atoms with E-state index in [1.54, 1.807) is 12.1 Å². The molecule has 1 aliphatic heterocycles. The Balaban J connectivity index is 1.32. The fourth-order valence-corrected chi connectivity index (χ4v) is 4.33. The van der Waals surface area contributed by atoms with Crippen molar-refractivity contribution in [3.05, 3.63) is 42.5 Å². The van der Waals surface area contributed by atoms with Gasteiger partial charge in [-0.1, -0.05) is 12.1 Å². The van der Waals surface area contributed by atoms with Gasteiger partial charge in [0.25, 0.3) is 0 Å². The molecule has 0 aliphatic carbocycles. The molecule has 0 spiro atoms. The number of hydrogen-bond acceptors (Lipinski definition) is 12. The minimum absolute atomic E-state index is 0.115. The third kappa shape index (κ3) is 5.35. The minimum atomic E-state index is -4.53. The lowest BCUT2D eigenvalue weighted by molar-refractivity contribution is -0.0515. The molecular formula is C19H25N6O8P. The lowest BCUT2D eigenvalue weighted by Gasteiger charge is -2.19. The summed E-state index contributed by atoms with van der Waals surface area (Å²) in [5.41, 5.74) is 13.1. The molecule has 184 valence electrons. The van der Waals surface area contributed by atoms with Crippen molar-refractivity contribution in [3.8, 4) is 5.75 Å². The van der Waals surface area contributed by atoms with Crippen LogP contribution < -0.4 is 11.5 Å². The summed E-state index contributed by atoms with van der Waals surface area (Å²) >= 11 is 0. The van der Waals surface area contributed by atoms with Crippen molar-refractivity contribution < 1.29 is 38.6 Å². The summed E-state index contributed by atoms with van der Waals surface area (Å²) in [7, 11) is -4.53. The molecule has 4 rings (SSSR count). The van der Waals surface area contributed by atoms with Gasteiger partial charge in [-0.25, -0.2) is 19.5 Å². The number of imidazole rings is 1. The number of aliphatic hydroxyl groups excluding tert-OH is 2. The number of rotatable bonds is 9. The van der Waals surface area contributed by atoms with E-state index in [9.17, 15) is 24.8 Å². The summed E-state index contributed by atoms with van der Waals surface area (Å²) in [6, 6.07) is 5.75. The molecule has 1 fully saturated rings. The molecular weight excluding hydrogens is 471 g/mol. The number of aromatic nitrogens is 4. The number of aliphatic hydroxyl groups is 2. The molecule has 1 aromatic carbocycles. The largest absolute Gasteiger partial charge is 0.508 e. The van der Waals surface area contributed by atoms with E-state index >= 15 is 0 Å². The quantitative estimate of drug-likeness (QED) is 0.205. The van der Waals surface area contributed by atoms with Crippen LogP contribution in [0.25, 0.3) is 11.2 Å². The molecule has 0 radical (unpaired) electrons. The van der Waals surface area contributed by atoms with Crippen molar-refractivity contribution in [2.75, 3.05) is 18.9 Å². The minimum Gasteiger partial charge on any atom is -0.508 e. The molecule has 1 aliphatic rings. The second-order valence-corrected chi connectivity index (χ2v) is 9.27. The average molecular weight is 496 g/mol. The van der Waals surface area contributed by atoms with E-state index in [0.29, 0.717) is 11.9 Å². The number of benzene rings is 1. The lowest BCUT2D eigenvalue weighted by atomic mass is 10.1. The normalized spacial score (nSPS) is 25.4. The van der Waals surface area contributed by atoms with Gasteiger partial charge in [-0.3, -0.25) is 13.6 Å². The first-order valence-corrected chi connectivity index (χ1v) is 11.7. The first-order chi connectivity index (χ1) is 16.1. The van der Waals surface area contributed by atoms with Crippen LogP contribution in [0.3, 0.4) is 0 Å². The highest BCUT2D eigenvalue weighted by Gasteiger charge is 2.45. The topological polar surface area (TPSA) is 221 Å². The molecule has 2 aromatic heterocycles. The Hall–Kier alpha value is -2.68. The molecule has 6 atom stereocenters. The highest BCUT2D eigenvalue weighted by atomic mass is 31.2. The summed E-state index contributed by atoms with van der Waals surface area (Å²) in [6.45, 7) is -0.824. The van der Waals surface area contributed by atoms with E-state index < -0.39 is 45.0 Å². The van der Waals surface area contributed by atoms with Gasteiger partial charge in [0.1, 0.15) is 35.9 Å². The number of fused-ring (bicyclic) bond motifs is 1. The number of anilines is 1. The van der Waals surface area contributed by atoms with E-state index in [4.69, 9.17) is 25.3 Å². The molecule has 0 amide bonds. The molecule has 3 aromatic rings. The number of ether oxygens (including phenoxy) is 1. The molecule has 3 heterocycles. The summed E-state index contributed by atoms with van der Waals surface area (Å²) in [6.07, 6.45) is -2.19. The Bertz CT molecular complexity index is 1180. The number of nitrogens with zero attached hydrogens (tertiary/aromatic N) is 4. The first kappa shape index (κ1) is 24.4. The van der Waals surface area contributed by atoms with Crippen molar-refractivity contribution in [2.45, 2.75) is 37.0 Å². The Morgan fingerprint density at radius 2 is 1.88 bits per heavy atom. The van der Waals surface area contributed by atoms with Crippen molar-refractivity contribution in [3.63, 3.8) is 0 Å². The fourth-order valence-electron chi connectivity index (χ4n) is 3.54. The third-order valence-electron chi connectivity index (χ3n) is 5.29. The van der Waals surface area contributed by atoms with Crippen LogP contribution in [0.4, 0.5) is 5.82 Å². The van der Waals surface area contributed by atoms with Gasteiger partial charge in [-0.2, -0.15) is 0 Å². The Morgan fingerprint density at radius 3 is 2.62 bits per heavy atom. The molecule has 14 nitrogen and oxygen atoms in total. The molecule has 34 heavy (non-hydrogen) atoms. The number of phenolic OH excluding ortho intramolecular Hbond substituents is 1. The lowest BCUT2D eigenvalue weighted by Crippen LogP contribution is -2.34. The van der Waals surface area contributed by atoms with Gasteiger partial charge in [-0.05, 0) is 24.1 Å². The van der Waals surface area contributed by atoms with Crippen LogP contribution in [0.2, 0.25) is 0 Å². The van der Waals surface area contributed by atoms with E-state index in [0.717, 1.165) is 5.56 Å². The van der Waals surface area contributed by atoms with Crippen molar-refractivity contribution in [2.24, 2.45) is 5.73 Å². The Morgan fingerprint density at radius 1 is 1.15 bits per heavy atom. The van der Waals surface area contributed by atoms with E-state index in [1.807, 2.05) is 0 Å². The number of nitrogens with two attached hydrogens (primary N) is 2. The summed E-state index contributed by atoms with van der Waals surface area (Å²) in [4.78, 5) is 22.0. The number of nitrogen functional groups attached to an aromatic ring is 1.